The van der Waals surface area contributed by atoms with Crippen molar-refractivity contribution < 1.29 is 14.0 Å². The van der Waals surface area contributed by atoms with Gasteiger partial charge in [0.1, 0.15) is 22.5 Å². The van der Waals surface area contributed by atoms with E-state index in [9.17, 15) is 19.2 Å². The highest BCUT2D eigenvalue weighted by molar-refractivity contribution is 8.05. The molecular weight excluding hydrogens is 520 g/mol. The molecule has 1 aliphatic rings. The van der Waals surface area contributed by atoms with Crippen molar-refractivity contribution in [1.82, 2.24) is 5.32 Å². The number of nitrogens with one attached hydrogen (secondary N) is 1. The van der Waals surface area contributed by atoms with Crippen LogP contribution in [0.1, 0.15) is 11.1 Å². The third-order valence-corrected chi connectivity index (χ3v) is 7.41. The number of carbonyl (C=O) groups is 2. The van der Waals surface area contributed by atoms with E-state index in [0.29, 0.717) is 34.3 Å². The van der Waals surface area contributed by atoms with Gasteiger partial charge in [-0.05, 0) is 66.4 Å². The summed E-state index contributed by atoms with van der Waals surface area (Å²) in [5, 5.41) is 13.1. The lowest BCUT2D eigenvalue weighted by Crippen LogP contribution is -2.32. The maximum Gasteiger partial charge on any atom is 0.264 e. The van der Waals surface area contributed by atoms with Crippen LogP contribution in [0.15, 0.2) is 83.4 Å². The predicted octanol–water partition coefficient (Wildman–Crippen LogP) is 5.92. The smallest absolute Gasteiger partial charge is 0.264 e. The van der Waals surface area contributed by atoms with Crippen molar-refractivity contribution in [1.29, 1.82) is 5.26 Å². The Morgan fingerprint density at radius 3 is 2.50 bits per heavy atom. The summed E-state index contributed by atoms with van der Waals surface area (Å²) in [6, 6.07) is 21.9. The average molecular weight is 540 g/mol. The zero-order valence-electron chi connectivity index (χ0n) is 18.9. The number of nitrogens with zero attached hydrogens (tertiary/aromatic N) is 2. The fourth-order valence-electron chi connectivity index (χ4n) is 3.76. The summed E-state index contributed by atoms with van der Waals surface area (Å²) in [5.74, 6) is -1.40. The Bertz CT molecular complexity index is 1360. The molecule has 0 aromatic heterocycles. The number of halogens is 3. The number of hydrogen-bond acceptors (Lipinski definition) is 4. The third-order valence-electron chi connectivity index (χ3n) is 5.55. The number of hydrogen-bond donors (Lipinski definition) is 1. The molecule has 1 aliphatic heterocycles. The highest BCUT2D eigenvalue weighted by Gasteiger charge is 2.41. The topological polar surface area (TPSA) is 73.2 Å². The lowest BCUT2D eigenvalue weighted by atomic mass is 10.1. The number of nitriles is 1. The molecule has 182 valence electrons. The fraction of sp³-hybridized carbons (Fsp3) is 0.148. The third kappa shape index (κ3) is 5.90. The molecule has 1 atom stereocenters. The summed E-state index contributed by atoms with van der Waals surface area (Å²) in [6.07, 6.45) is 0.822. The molecule has 0 aliphatic carbocycles. The van der Waals surface area contributed by atoms with E-state index in [4.69, 9.17) is 23.2 Å². The number of anilines is 1. The van der Waals surface area contributed by atoms with Gasteiger partial charge in [0.25, 0.3) is 5.91 Å². The van der Waals surface area contributed by atoms with E-state index in [0.717, 1.165) is 17.3 Å². The summed E-state index contributed by atoms with van der Waals surface area (Å²) in [5.41, 5.74) is 1.88. The van der Waals surface area contributed by atoms with Gasteiger partial charge in [-0.15, -0.1) is 0 Å². The van der Waals surface area contributed by atoms with Crippen molar-refractivity contribution in [2.24, 2.45) is 0 Å². The van der Waals surface area contributed by atoms with Crippen LogP contribution in [0.3, 0.4) is 0 Å². The molecule has 9 heteroatoms. The molecule has 0 bridgehead atoms. The first-order chi connectivity index (χ1) is 17.4. The van der Waals surface area contributed by atoms with Crippen LogP contribution in [0.25, 0.3) is 0 Å². The minimum Gasteiger partial charge on any atom is -0.351 e. The summed E-state index contributed by atoms with van der Waals surface area (Å²) in [7, 11) is 0. The van der Waals surface area contributed by atoms with E-state index >= 15 is 0 Å². The first kappa shape index (κ1) is 25.8. The van der Waals surface area contributed by atoms with Gasteiger partial charge in [-0.1, -0.05) is 65.3 Å². The average Bonchev–Trinajstić information content (AvgIpc) is 3.18. The number of amides is 2. The number of carbonyl (C=O) groups excluding carboxylic acids is 2. The summed E-state index contributed by atoms with van der Waals surface area (Å²) in [6.45, 7) is 0.317. The van der Waals surface area contributed by atoms with Gasteiger partial charge >= 0.3 is 0 Å². The Balaban J connectivity index is 1.64. The molecule has 36 heavy (non-hydrogen) atoms. The van der Waals surface area contributed by atoms with Crippen LogP contribution in [0.4, 0.5) is 10.1 Å². The zero-order valence-corrected chi connectivity index (χ0v) is 21.2. The molecule has 0 saturated carbocycles. The normalized spacial score (nSPS) is 16.6. The standard InChI is InChI=1S/C27H20Cl2FN3O2S/c28-19-6-11-23(29)18(14-19)15-24-26(35)33(21-9-7-20(30)8-10-21)27(36-24)22(16-31)25(34)32-13-12-17-4-2-1-3-5-17/h1-11,14,24H,12-13,15H2,(H,32,34)/b27-22-/t24-/m1/s1. The molecule has 1 heterocycles. The SMILES string of the molecule is N#C/C(C(=O)NCCc1ccccc1)=C1/S[C@H](Cc2cc(Cl)ccc2Cl)C(=O)N1c1ccc(F)cc1. The van der Waals surface area contributed by atoms with Crippen LogP contribution < -0.4 is 10.2 Å². The molecule has 0 unspecified atom stereocenters. The monoisotopic (exact) mass is 539 g/mol. The quantitative estimate of drug-likeness (QED) is 0.299. The number of thioether (sulfide) groups is 1. The second-order valence-corrected chi connectivity index (χ2v) is 10.0. The van der Waals surface area contributed by atoms with Crippen LogP contribution >= 0.6 is 35.0 Å². The molecule has 5 nitrogen and oxygen atoms in total. The highest BCUT2D eigenvalue weighted by atomic mass is 35.5. The number of rotatable bonds is 7. The van der Waals surface area contributed by atoms with Gasteiger partial charge in [-0.25, -0.2) is 4.39 Å². The van der Waals surface area contributed by atoms with E-state index in [1.54, 1.807) is 18.2 Å². The summed E-state index contributed by atoms with van der Waals surface area (Å²) in [4.78, 5) is 27.8. The molecule has 2 amide bonds. The van der Waals surface area contributed by atoms with Gasteiger partial charge < -0.3 is 5.32 Å². The highest BCUT2D eigenvalue weighted by Crippen LogP contribution is 2.42. The van der Waals surface area contributed by atoms with E-state index in [1.807, 2.05) is 36.4 Å². The van der Waals surface area contributed by atoms with E-state index in [2.05, 4.69) is 5.32 Å². The Hall–Kier alpha value is -3.31. The molecular formula is C27H20Cl2FN3O2S. The predicted molar refractivity (Wildman–Crippen MR) is 141 cm³/mol. The number of benzene rings is 3. The van der Waals surface area contributed by atoms with Gasteiger partial charge in [0, 0.05) is 22.3 Å². The lowest BCUT2D eigenvalue weighted by molar-refractivity contribution is -0.117. The largest absolute Gasteiger partial charge is 0.351 e. The van der Waals surface area contributed by atoms with Crippen LogP contribution in [0, 0.1) is 17.1 Å². The van der Waals surface area contributed by atoms with Crippen molar-refractivity contribution >= 4 is 52.5 Å². The van der Waals surface area contributed by atoms with Crippen LogP contribution in [0.5, 0.6) is 0 Å². The molecule has 1 saturated heterocycles. The van der Waals surface area contributed by atoms with Gasteiger partial charge in [0.2, 0.25) is 5.91 Å². The molecule has 4 rings (SSSR count). The van der Waals surface area contributed by atoms with Crippen molar-refractivity contribution in [3.05, 3.63) is 110 Å². The molecule has 1 N–H and O–H groups in total. The van der Waals surface area contributed by atoms with Crippen LogP contribution in [-0.4, -0.2) is 23.6 Å². The first-order valence-corrected chi connectivity index (χ1v) is 12.7. The minimum absolute atomic E-state index is 0.189. The second-order valence-electron chi connectivity index (χ2n) is 7.98. The molecule has 3 aromatic carbocycles. The summed E-state index contributed by atoms with van der Waals surface area (Å²) < 4.78 is 13.6. The Morgan fingerprint density at radius 2 is 1.81 bits per heavy atom. The van der Waals surface area contributed by atoms with Gasteiger partial charge in [0.05, 0.1) is 5.25 Å². The van der Waals surface area contributed by atoms with E-state index in [-0.39, 0.29) is 22.9 Å². The Morgan fingerprint density at radius 1 is 1.08 bits per heavy atom. The van der Waals surface area contributed by atoms with Crippen molar-refractivity contribution in [2.75, 3.05) is 11.4 Å². The van der Waals surface area contributed by atoms with Crippen molar-refractivity contribution in [3.8, 4) is 6.07 Å². The maximum atomic E-state index is 13.6. The first-order valence-electron chi connectivity index (χ1n) is 11.0. The van der Waals surface area contributed by atoms with E-state index < -0.39 is 17.0 Å². The van der Waals surface area contributed by atoms with Gasteiger partial charge in [-0.3, -0.25) is 14.5 Å². The molecule has 3 aromatic rings. The minimum atomic E-state index is -0.665. The van der Waals surface area contributed by atoms with Crippen molar-refractivity contribution in [2.45, 2.75) is 18.1 Å². The van der Waals surface area contributed by atoms with Crippen molar-refractivity contribution in [3.63, 3.8) is 0 Å². The van der Waals surface area contributed by atoms with Gasteiger partial charge in [-0.2, -0.15) is 5.26 Å². The van der Waals surface area contributed by atoms with Gasteiger partial charge in [0.15, 0.2) is 0 Å². The Labute approximate surface area is 222 Å². The van der Waals surface area contributed by atoms with Crippen LogP contribution in [0.2, 0.25) is 10.0 Å². The second kappa shape index (κ2) is 11.6. The van der Waals surface area contributed by atoms with Crippen LogP contribution in [-0.2, 0) is 22.4 Å². The molecule has 1 fully saturated rings. The Kier molecular flexibility index (Phi) is 8.32. The molecule has 0 spiro atoms. The maximum absolute atomic E-state index is 13.6. The fourth-order valence-corrected chi connectivity index (χ4v) is 5.45. The van der Waals surface area contributed by atoms with E-state index in [1.165, 1.54) is 29.2 Å². The lowest BCUT2D eigenvalue weighted by Gasteiger charge is -2.18. The molecule has 0 radical (unpaired) electrons. The summed E-state index contributed by atoms with van der Waals surface area (Å²) >= 11 is 13.5. The zero-order chi connectivity index (χ0) is 25.7.